The number of rotatable bonds is 7. The number of hydrogen-bond donors (Lipinski definition) is 2. The van der Waals surface area contributed by atoms with Gasteiger partial charge in [-0.05, 0) is 23.6 Å². The summed E-state index contributed by atoms with van der Waals surface area (Å²) < 4.78 is 32.2. The molecule has 6 heteroatoms. The van der Waals surface area contributed by atoms with E-state index in [9.17, 15) is 8.42 Å². The van der Waals surface area contributed by atoms with Crippen molar-refractivity contribution in [1.82, 2.24) is 4.72 Å². The number of benzene rings is 1. The highest BCUT2D eigenvalue weighted by Crippen LogP contribution is 2.13. The summed E-state index contributed by atoms with van der Waals surface area (Å²) in [7, 11) is -1.97. The normalized spacial score (nSPS) is 13.7. The second-order valence-electron chi connectivity index (χ2n) is 4.78. The van der Waals surface area contributed by atoms with E-state index in [1.807, 2.05) is 13.8 Å². The van der Waals surface area contributed by atoms with Crippen LogP contribution in [-0.4, -0.2) is 28.2 Å². The fraction of sp³-hybridized carbons (Fsp3) is 0.538. The molecule has 108 valence electrons. The molecule has 0 fully saturated rings. The molecule has 3 N–H and O–H groups in total. The zero-order chi connectivity index (χ0) is 14.5. The summed E-state index contributed by atoms with van der Waals surface area (Å²) >= 11 is 0. The number of nitrogens with one attached hydrogen (secondary N) is 1. The van der Waals surface area contributed by atoms with Gasteiger partial charge in [-0.1, -0.05) is 26.0 Å². The van der Waals surface area contributed by atoms with Crippen LogP contribution in [0.15, 0.2) is 29.2 Å². The Hall–Kier alpha value is -0.950. The SMILES string of the molecule is COCC(NS(=O)(=O)c1ccc(CN)cc1)C(C)C. The van der Waals surface area contributed by atoms with E-state index in [2.05, 4.69) is 4.72 Å². The van der Waals surface area contributed by atoms with Crippen molar-refractivity contribution in [2.24, 2.45) is 11.7 Å². The average molecular weight is 286 g/mol. The minimum atomic E-state index is -3.52. The Morgan fingerprint density at radius 1 is 1.26 bits per heavy atom. The van der Waals surface area contributed by atoms with E-state index in [0.717, 1.165) is 5.56 Å². The molecular weight excluding hydrogens is 264 g/mol. The van der Waals surface area contributed by atoms with Gasteiger partial charge in [-0.25, -0.2) is 13.1 Å². The largest absolute Gasteiger partial charge is 0.383 e. The number of ether oxygens (including phenoxy) is 1. The van der Waals surface area contributed by atoms with Crippen LogP contribution in [0.1, 0.15) is 19.4 Å². The molecule has 0 bridgehead atoms. The lowest BCUT2D eigenvalue weighted by Gasteiger charge is -2.21. The minimum absolute atomic E-state index is 0.151. The van der Waals surface area contributed by atoms with E-state index >= 15 is 0 Å². The average Bonchev–Trinajstić information content (AvgIpc) is 2.38. The Bertz CT molecular complexity index is 483. The van der Waals surface area contributed by atoms with E-state index in [0.29, 0.717) is 13.2 Å². The van der Waals surface area contributed by atoms with Crippen molar-refractivity contribution in [3.63, 3.8) is 0 Å². The predicted molar refractivity (Wildman–Crippen MR) is 75.2 cm³/mol. The first-order valence-electron chi connectivity index (χ1n) is 6.21. The first-order chi connectivity index (χ1) is 8.90. The van der Waals surface area contributed by atoms with Gasteiger partial charge in [0.1, 0.15) is 0 Å². The van der Waals surface area contributed by atoms with Crippen LogP contribution in [-0.2, 0) is 21.3 Å². The van der Waals surface area contributed by atoms with Gasteiger partial charge in [0.25, 0.3) is 0 Å². The van der Waals surface area contributed by atoms with Crippen molar-refractivity contribution < 1.29 is 13.2 Å². The maximum atomic E-state index is 12.2. The van der Waals surface area contributed by atoms with Crippen LogP contribution in [0.2, 0.25) is 0 Å². The Morgan fingerprint density at radius 2 is 1.84 bits per heavy atom. The van der Waals surface area contributed by atoms with Crippen LogP contribution in [0.5, 0.6) is 0 Å². The highest BCUT2D eigenvalue weighted by Gasteiger charge is 2.22. The van der Waals surface area contributed by atoms with Crippen LogP contribution in [0.4, 0.5) is 0 Å². The summed E-state index contributed by atoms with van der Waals surface area (Å²) in [6, 6.07) is 6.32. The summed E-state index contributed by atoms with van der Waals surface area (Å²) in [4.78, 5) is 0.242. The third-order valence-corrected chi connectivity index (χ3v) is 4.43. The van der Waals surface area contributed by atoms with Crippen molar-refractivity contribution in [1.29, 1.82) is 0 Å². The summed E-state index contributed by atoms with van der Waals surface area (Å²) in [5, 5.41) is 0. The number of hydrogen-bond acceptors (Lipinski definition) is 4. The third-order valence-electron chi connectivity index (χ3n) is 2.93. The fourth-order valence-electron chi connectivity index (χ4n) is 1.61. The van der Waals surface area contributed by atoms with E-state index < -0.39 is 10.0 Å². The molecule has 0 saturated carbocycles. The number of methoxy groups -OCH3 is 1. The molecule has 0 aliphatic rings. The van der Waals surface area contributed by atoms with E-state index in [4.69, 9.17) is 10.5 Å². The number of nitrogens with two attached hydrogens (primary N) is 1. The van der Waals surface area contributed by atoms with Crippen molar-refractivity contribution in [2.45, 2.75) is 31.3 Å². The van der Waals surface area contributed by atoms with Gasteiger partial charge in [-0.15, -0.1) is 0 Å². The molecule has 1 aromatic rings. The van der Waals surface area contributed by atoms with Crippen LogP contribution in [0.25, 0.3) is 0 Å². The molecule has 5 nitrogen and oxygen atoms in total. The molecule has 19 heavy (non-hydrogen) atoms. The highest BCUT2D eigenvalue weighted by molar-refractivity contribution is 7.89. The molecule has 0 aliphatic heterocycles. The van der Waals surface area contributed by atoms with Crippen LogP contribution >= 0.6 is 0 Å². The predicted octanol–water partition coefficient (Wildman–Crippen LogP) is 1.09. The topological polar surface area (TPSA) is 81.4 Å². The van der Waals surface area contributed by atoms with Gasteiger partial charge in [0.2, 0.25) is 10.0 Å². The molecule has 1 rings (SSSR count). The lowest BCUT2D eigenvalue weighted by molar-refractivity contribution is 0.157. The number of sulfonamides is 1. The van der Waals surface area contributed by atoms with Gasteiger partial charge in [0, 0.05) is 19.7 Å². The Kier molecular flexibility index (Phi) is 5.93. The third kappa shape index (κ3) is 4.58. The quantitative estimate of drug-likeness (QED) is 0.786. The molecule has 0 amide bonds. The molecule has 1 unspecified atom stereocenters. The summed E-state index contributed by atoms with van der Waals surface area (Å²) in [5.74, 6) is 0.151. The lowest BCUT2D eigenvalue weighted by atomic mass is 10.1. The van der Waals surface area contributed by atoms with Crippen molar-refractivity contribution in [3.05, 3.63) is 29.8 Å². The van der Waals surface area contributed by atoms with E-state index in [1.54, 1.807) is 31.4 Å². The van der Waals surface area contributed by atoms with Gasteiger partial charge in [-0.2, -0.15) is 0 Å². The molecule has 0 spiro atoms. The van der Waals surface area contributed by atoms with Crippen molar-refractivity contribution >= 4 is 10.0 Å². The molecule has 1 aromatic carbocycles. The van der Waals surface area contributed by atoms with Crippen LogP contribution in [0.3, 0.4) is 0 Å². The standard InChI is InChI=1S/C13H22N2O3S/c1-10(2)13(9-18-3)15-19(16,17)12-6-4-11(8-14)5-7-12/h4-7,10,13,15H,8-9,14H2,1-3H3. The smallest absolute Gasteiger partial charge is 0.240 e. The lowest BCUT2D eigenvalue weighted by Crippen LogP contribution is -2.41. The van der Waals surface area contributed by atoms with E-state index in [-0.39, 0.29) is 16.9 Å². The van der Waals surface area contributed by atoms with Crippen LogP contribution < -0.4 is 10.5 Å². The first kappa shape index (κ1) is 16.1. The first-order valence-corrected chi connectivity index (χ1v) is 7.69. The molecule has 1 atom stereocenters. The Morgan fingerprint density at radius 3 is 2.26 bits per heavy atom. The van der Waals surface area contributed by atoms with Gasteiger partial charge in [0.15, 0.2) is 0 Å². The highest BCUT2D eigenvalue weighted by atomic mass is 32.2. The second-order valence-corrected chi connectivity index (χ2v) is 6.49. The minimum Gasteiger partial charge on any atom is -0.383 e. The second kappa shape index (κ2) is 7.00. The Balaban J connectivity index is 2.89. The zero-order valence-corrected chi connectivity index (χ0v) is 12.4. The maximum Gasteiger partial charge on any atom is 0.240 e. The van der Waals surface area contributed by atoms with Gasteiger partial charge in [0.05, 0.1) is 11.5 Å². The molecule has 0 aliphatic carbocycles. The van der Waals surface area contributed by atoms with Crippen molar-refractivity contribution in [2.75, 3.05) is 13.7 Å². The monoisotopic (exact) mass is 286 g/mol. The van der Waals surface area contributed by atoms with Crippen molar-refractivity contribution in [3.8, 4) is 0 Å². The summed E-state index contributed by atoms with van der Waals surface area (Å²) in [6.45, 7) is 4.64. The molecule has 0 radical (unpaired) electrons. The van der Waals surface area contributed by atoms with Gasteiger partial charge < -0.3 is 10.5 Å². The van der Waals surface area contributed by atoms with Gasteiger partial charge in [-0.3, -0.25) is 0 Å². The molecule has 0 aromatic heterocycles. The summed E-state index contributed by atoms with van der Waals surface area (Å²) in [5.41, 5.74) is 6.39. The summed E-state index contributed by atoms with van der Waals surface area (Å²) in [6.07, 6.45) is 0. The maximum absolute atomic E-state index is 12.2. The van der Waals surface area contributed by atoms with E-state index in [1.165, 1.54) is 0 Å². The molecular formula is C13H22N2O3S. The fourth-order valence-corrected chi connectivity index (χ4v) is 2.98. The molecule has 0 saturated heterocycles. The van der Waals surface area contributed by atoms with Gasteiger partial charge >= 0.3 is 0 Å². The molecule has 0 heterocycles. The Labute approximate surface area is 115 Å². The van der Waals surface area contributed by atoms with Crippen LogP contribution in [0, 0.1) is 5.92 Å². The zero-order valence-electron chi connectivity index (χ0n) is 11.6.